The zero-order valence-electron chi connectivity index (χ0n) is 20.4. The quantitative estimate of drug-likeness (QED) is 0.364. The number of phenolic OH excluding ortho intramolecular Hbond substituents is 1. The highest BCUT2D eigenvalue weighted by molar-refractivity contribution is 6.32. The number of aliphatic hydroxyl groups excluding tert-OH is 1. The maximum atomic E-state index is 13.9. The second-order valence-corrected chi connectivity index (χ2v) is 10.4. The van der Waals surface area contributed by atoms with Gasteiger partial charge in [-0.3, -0.25) is 24.0 Å². The summed E-state index contributed by atoms with van der Waals surface area (Å²) >= 11 is 0. The number of carbonyl (C=O) groups excluding carboxylic acids is 5. The van der Waals surface area contributed by atoms with E-state index >= 15 is 0 Å². The molecule has 3 aliphatic carbocycles. The predicted molar refractivity (Wildman–Crippen MR) is 138 cm³/mol. The summed E-state index contributed by atoms with van der Waals surface area (Å²) in [5, 5.41) is 35.6. The Morgan fingerprint density at radius 2 is 1.67 bits per heavy atom. The van der Waals surface area contributed by atoms with E-state index in [1.807, 2.05) is 42.5 Å². The van der Waals surface area contributed by atoms with Crippen molar-refractivity contribution in [3.63, 3.8) is 0 Å². The van der Waals surface area contributed by atoms with E-state index in [1.54, 1.807) is 12.1 Å². The van der Waals surface area contributed by atoms with Crippen molar-refractivity contribution in [1.29, 1.82) is 0 Å². The third kappa shape index (κ3) is 3.36. The minimum atomic E-state index is -2.97. The molecule has 0 saturated heterocycles. The summed E-state index contributed by atoms with van der Waals surface area (Å²) in [6, 6.07) is 17.6. The van der Waals surface area contributed by atoms with E-state index in [9.17, 15) is 39.3 Å². The molecule has 9 nitrogen and oxygen atoms in total. The average Bonchev–Trinajstić information content (AvgIpc) is 2.90. The lowest BCUT2D eigenvalue weighted by Gasteiger charge is -2.51. The van der Waals surface area contributed by atoms with Crippen LogP contribution in [0, 0.1) is 23.7 Å². The highest BCUT2D eigenvalue weighted by atomic mass is 16.3. The van der Waals surface area contributed by atoms with Crippen LogP contribution < -0.4 is 5.73 Å². The molecule has 0 aliphatic heterocycles. The molecule has 0 heterocycles. The van der Waals surface area contributed by atoms with Gasteiger partial charge in [-0.15, -0.1) is 0 Å². The van der Waals surface area contributed by atoms with Gasteiger partial charge in [-0.1, -0.05) is 54.6 Å². The van der Waals surface area contributed by atoms with Crippen molar-refractivity contribution in [2.75, 3.05) is 0 Å². The predicted octanol–water partition coefficient (Wildman–Crippen LogP) is 1.45. The number of fused-ring (bicyclic) bond motifs is 4. The van der Waals surface area contributed by atoms with Gasteiger partial charge in [-0.25, -0.2) is 0 Å². The normalized spacial score (nSPS) is 31.1. The molecule has 0 bridgehead atoms. The van der Waals surface area contributed by atoms with E-state index in [0.717, 1.165) is 10.8 Å². The summed E-state index contributed by atoms with van der Waals surface area (Å²) in [6.45, 7) is 0. The Hall–Kier alpha value is -4.47. The topological polar surface area (TPSA) is 172 Å². The zero-order valence-corrected chi connectivity index (χ0v) is 20.4. The molecule has 9 heteroatoms. The first-order valence-electron chi connectivity index (χ1n) is 12.4. The Balaban J connectivity index is 1.57. The number of ketones is 4. The van der Waals surface area contributed by atoms with Gasteiger partial charge in [0.25, 0.3) is 0 Å². The monoisotopic (exact) mass is 525 g/mol. The Morgan fingerprint density at radius 1 is 0.949 bits per heavy atom. The van der Waals surface area contributed by atoms with Crippen molar-refractivity contribution in [2.24, 2.45) is 29.4 Å². The van der Waals surface area contributed by atoms with Gasteiger partial charge < -0.3 is 21.1 Å². The number of phenols is 1. The smallest absolute Gasteiger partial charge is 0.235 e. The molecule has 6 unspecified atom stereocenters. The van der Waals surface area contributed by atoms with E-state index in [2.05, 4.69) is 0 Å². The van der Waals surface area contributed by atoms with Crippen LogP contribution in [0.15, 0.2) is 60.7 Å². The Bertz CT molecular complexity index is 1670. The van der Waals surface area contributed by atoms with Crippen LogP contribution in [0.5, 0.6) is 5.75 Å². The third-order valence-corrected chi connectivity index (χ3v) is 8.34. The third-order valence-electron chi connectivity index (χ3n) is 8.34. The SMILES string of the molecule is NC(=O)C1C(=O)CC2C(O)C3C(=Cc4ccc5ccccc5c4)c4cccc(O)c4C(=O)C3C(=O)C2(O)C1=O. The molecule has 5 N–H and O–H groups in total. The number of Topliss-reactive ketones (excluding diaryl/α,β-unsaturated/α-hetero) is 4. The summed E-state index contributed by atoms with van der Waals surface area (Å²) in [5.74, 6) is -12.8. The molecule has 2 saturated carbocycles. The van der Waals surface area contributed by atoms with E-state index in [4.69, 9.17) is 5.73 Å². The van der Waals surface area contributed by atoms with Gasteiger partial charge in [-0.05, 0) is 39.6 Å². The molecule has 0 aromatic heterocycles. The molecular weight excluding hydrogens is 502 g/mol. The fourth-order valence-corrected chi connectivity index (χ4v) is 6.51. The van der Waals surface area contributed by atoms with E-state index in [0.29, 0.717) is 11.1 Å². The van der Waals surface area contributed by atoms with Crippen LogP contribution in [0.25, 0.3) is 22.4 Å². The van der Waals surface area contributed by atoms with Gasteiger partial charge in [0.15, 0.2) is 34.7 Å². The Kier molecular flexibility index (Phi) is 5.43. The fourth-order valence-electron chi connectivity index (χ4n) is 6.51. The standard InChI is InChI=1S/C30H23NO8/c31-29(38)23-20(33)12-18-25(34)22-17(11-13-8-9-14-4-1-2-5-15(14)10-13)16-6-3-7-19(32)21(16)26(35)24(22)28(37)30(18,39)27(23)36/h1-11,18,22-25,32,34,39H,12H2,(H2,31,38). The molecule has 3 aromatic carbocycles. The molecule has 3 aromatic rings. The van der Waals surface area contributed by atoms with Crippen molar-refractivity contribution in [3.8, 4) is 5.75 Å². The molecule has 39 heavy (non-hydrogen) atoms. The number of carbonyl (C=O) groups is 5. The van der Waals surface area contributed by atoms with Crippen molar-refractivity contribution < 1.29 is 39.3 Å². The summed E-state index contributed by atoms with van der Waals surface area (Å²) < 4.78 is 0. The maximum Gasteiger partial charge on any atom is 0.235 e. The van der Waals surface area contributed by atoms with Crippen molar-refractivity contribution in [2.45, 2.75) is 18.1 Å². The zero-order chi connectivity index (χ0) is 27.8. The van der Waals surface area contributed by atoms with Crippen molar-refractivity contribution in [1.82, 2.24) is 0 Å². The largest absolute Gasteiger partial charge is 0.507 e. The number of rotatable bonds is 2. The maximum absolute atomic E-state index is 13.9. The summed E-state index contributed by atoms with van der Waals surface area (Å²) in [5.41, 5.74) is 3.37. The molecular formula is C30H23NO8. The number of aromatic hydroxyl groups is 1. The first-order valence-corrected chi connectivity index (χ1v) is 12.4. The number of primary amides is 1. The molecule has 3 aliphatic rings. The van der Waals surface area contributed by atoms with E-state index in [1.165, 1.54) is 12.1 Å². The average molecular weight is 526 g/mol. The number of hydrogen-bond donors (Lipinski definition) is 4. The lowest BCUT2D eigenvalue weighted by Crippen LogP contribution is -2.72. The first-order chi connectivity index (χ1) is 18.6. The van der Waals surface area contributed by atoms with Gasteiger partial charge >= 0.3 is 0 Å². The molecule has 2 fully saturated rings. The summed E-state index contributed by atoms with van der Waals surface area (Å²) in [4.78, 5) is 65.3. The van der Waals surface area contributed by atoms with Crippen molar-refractivity contribution >= 4 is 51.5 Å². The number of benzene rings is 3. The highest BCUT2D eigenvalue weighted by Crippen LogP contribution is 2.54. The van der Waals surface area contributed by atoms with Gasteiger partial charge in [0, 0.05) is 18.3 Å². The van der Waals surface area contributed by atoms with Crippen LogP contribution >= 0.6 is 0 Å². The molecule has 196 valence electrons. The van der Waals surface area contributed by atoms with Crippen LogP contribution in [0.4, 0.5) is 0 Å². The van der Waals surface area contributed by atoms with Gasteiger partial charge in [-0.2, -0.15) is 0 Å². The molecule has 0 radical (unpaired) electrons. The van der Waals surface area contributed by atoms with E-state index < -0.39 is 76.6 Å². The lowest BCUT2D eigenvalue weighted by molar-refractivity contribution is -0.185. The van der Waals surface area contributed by atoms with Crippen molar-refractivity contribution in [3.05, 3.63) is 77.4 Å². The lowest BCUT2D eigenvalue weighted by atomic mass is 9.51. The second-order valence-electron chi connectivity index (χ2n) is 10.4. The number of aliphatic hydroxyl groups is 2. The number of amides is 1. The second kappa shape index (κ2) is 8.52. The van der Waals surface area contributed by atoms with Gasteiger partial charge in [0.05, 0.1) is 17.6 Å². The molecule has 0 spiro atoms. The minimum Gasteiger partial charge on any atom is -0.507 e. The van der Waals surface area contributed by atoms with Crippen LogP contribution in [0.3, 0.4) is 0 Å². The first kappa shape index (κ1) is 24.8. The Labute approximate surface area is 221 Å². The molecule has 6 atom stereocenters. The van der Waals surface area contributed by atoms with Crippen LogP contribution in [-0.2, 0) is 19.2 Å². The number of nitrogens with two attached hydrogens (primary N) is 1. The fraction of sp³-hybridized carbons (Fsp3) is 0.233. The molecule has 1 amide bonds. The van der Waals surface area contributed by atoms with Gasteiger partial charge in [0.2, 0.25) is 5.91 Å². The Morgan fingerprint density at radius 3 is 2.38 bits per heavy atom. The van der Waals surface area contributed by atoms with Crippen LogP contribution in [0.2, 0.25) is 0 Å². The van der Waals surface area contributed by atoms with Crippen LogP contribution in [-0.4, -0.2) is 56.1 Å². The molecule has 6 rings (SSSR count). The highest BCUT2D eigenvalue weighted by Gasteiger charge is 2.69. The summed E-state index contributed by atoms with van der Waals surface area (Å²) in [6.07, 6.45) is -0.657. The van der Waals surface area contributed by atoms with Gasteiger partial charge in [0.1, 0.15) is 5.75 Å². The number of hydrogen-bond acceptors (Lipinski definition) is 8. The van der Waals surface area contributed by atoms with E-state index in [-0.39, 0.29) is 11.1 Å². The minimum absolute atomic E-state index is 0.181. The summed E-state index contributed by atoms with van der Waals surface area (Å²) in [7, 11) is 0. The van der Waals surface area contributed by atoms with Crippen LogP contribution in [0.1, 0.15) is 27.9 Å².